The fourth-order valence-corrected chi connectivity index (χ4v) is 2.97. The molecular formula is C15H17ClN4O3. The highest BCUT2D eigenvalue weighted by Crippen LogP contribution is 2.28. The number of nitrogens with zero attached hydrogens (tertiary/aromatic N) is 4. The number of aromatic nitrogens is 3. The highest BCUT2D eigenvalue weighted by atomic mass is 35.5. The smallest absolute Gasteiger partial charge is 0.257 e. The normalized spacial score (nSPS) is 20.7. The van der Waals surface area contributed by atoms with Crippen molar-refractivity contribution in [3.63, 3.8) is 0 Å². The maximum absolute atomic E-state index is 12.7. The molecule has 122 valence electrons. The molecule has 1 saturated heterocycles. The summed E-state index contributed by atoms with van der Waals surface area (Å²) >= 11 is 5.98. The molecule has 1 amide bonds. The molecule has 1 fully saturated rings. The molecule has 1 aromatic carbocycles. The number of aliphatic hydroxyl groups is 1. The van der Waals surface area contributed by atoms with Crippen molar-refractivity contribution >= 4 is 17.5 Å². The van der Waals surface area contributed by atoms with Crippen molar-refractivity contribution in [1.29, 1.82) is 0 Å². The molecule has 3 rings (SSSR count). The average Bonchev–Trinajstić information content (AvgIpc) is 3.16. The lowest BCUT2D eigenvalue weighted by Gasteiger charge is -2.23. The van der Waals surface area contributed by atoms with Gasteiger partial charge in [-0.15, -0.1) is 5.10 Å². The summed E-state index contributed by atoms with van der Waals surface area (Å²) in [7, 11) is 1.51. The Bertz CT molecular complexity index is 707. The summed E-state index contributed by atoms with van der Waals surface area (Å²) in [6.07, 6.45) is 3.71. The molecule has 23 heavy (non-hydrogen) atoms. The Balaban J connectivity index is 1.76. The first-order valence-corrected chi connectivity index (χ1v) is 7.58. The Morgan fingerprint density at radius 3 is 3.04 bits per heavy atom. The fourth-order valence-electron chi connectivity index (χ4n) is 2.80. The van der Waals surface area contributed by atoms with Crippen LogP contribution >= 0.6 is 11.6 Å². The van der Waals surface area contributed by atoms with Crippen LogP contribution in [0.15, 0.2) is 30.6 Å². The predicted octanol–water partition coefficient (Wildman–Crippen LogP) is 1.22. The van der Waals surface area contributed by atoms with Gasteiger partial charge in [0.1, 0.15) is 11.4 Å². The molecule has 1 unspecified atom stereocenters. The summed E-state index contributed by atoms with van der Waals surface area (Å²) in [5, 5.41) is 18.7. The van der Waals surface area contributed by atoms with E-state index in [2.05, 4.69) is 10.3 Å². The highest BCUT2D eigenvalue weighted by Gasteiger charge is 2.39. The third kappa shape index (κ3) is 3.30. The highest BCUT2D eigenvalue weighted by molar-refractivity contribution is 6.31. The number of ether oxygens (including phenoxy) is 1. The van der Waals surface area contributed by atoms with E-state index in [1.807, 2.05) is 0 Å². The van der Waals surface area contributed by atoms with Gasteiger partial charge in [0.2, 0.25) is 0 Å². The van der Waals surface area contributed by atoms with Gasteiger partial charge in [-0.05, 0) is 24.6 Å². The fraction of sp³-hybridized carbons (Fsp3) is 0.400. The quantitative estimate of drug-likeness (QED) is 0.908. The summed E-state index contributed by atoms with van der Waals surface area (Å²) < 4.78 is 6.79. The number of rotatable bonds is 4. The van der Waals surface area contributed by atoms with E-state index in [4.69, 9.17) is 16.3 Å². The second kappa shape index (κ2) is 6.17. The second-order valence-corrected chi connectivity index (χ2v) is 6.08. The van der Waals surface area contributed by atoms with Gasteiger partial charge in [-0.25, -0.2) is 4.68 Å². The molecule has 7 nitrogen and oxygen atoms in total. The number of carbonyl (C=O) groups is 1. The molecule has 1 N–H and O–H groups in total. The predicted molar refractivity (Wildman–Crippen MR) is 83.5 cm³/mol. The van der Waals surface area contributed by atoms with Crippen LogP contribution in [0.2, 0.25) is 5.02 Å². The minimum Gasteiger partial charge on any atom is -0.496 e. The number of hydrogen-bond donors (Lipinski definition) is 1. The first-order chi connectivity index (χ1) is 11.0. The Morgan fingerprint density at radius 2 is 2.35 bits per heavy atom. The molecule has 1 aromatic heterocycles. The van der Waals surface area contributed by atoms with Crippen molar-refractivity contribution in [2.45, 2.75) is 18.6 Å². The van der Waals surface area contributed by atoms with E-state index in [9.17, 15) is 9.90 Å². The van der Waals surface area contributed by atoms with Crippen LogP contribution in [0.4, 0.5) is 0 Å². The van der Waals surface area contributed by atoms with E-state index in [0.717, 1.165) is 0 Å². The van der Waals surface area contributed by atoms with Crippen LogP contribution in [-0.2, 0) is 6.54 Å². The standard InChI is InChI=1S/C15H17ClN4O3/c1-23-13-3-2-11(16)8-12(13)14(21)19-6-4-15(22,9-19)10-20-7-5-17-18-20/h2-3,5,7-8,22H,4,6,9-10H2,1H3. The molecule has 0 bridgehead atoms. The van der Waals surface area contributed by atoms with Crippen molar-refractivity contribution in [3.05, 3.63) is 41.2 Å². The number of benzene rings is 1. The summed E-state index contributed by atoms with van der Waals surface area (Å²) in [6.45, 7) is 0.977. The molecular weight excluding hydrogens is 320 g/mol. The van der Waals surface area contributed by atoms with Gasteiger partial charge in [0.15, 0.2) is 0 Å². The van der Waals surface area contributed by atoms with Gasteiger partial charge in [0.05, 0.1) is 32.0 Å². The lowest BCUT2D eigenvalue weighted by atomic mass is 10.0. The zero-order chi connectivity index (χ0) is 16.4. The number of amides is 1. The monoisotopic (exact) mass is 336 g/mol. The van der Waals surface area contributed by atoms with Crippen LogP contribution < -0.4 is 4.74 Å². The van der Waals surface area contributed by atoms with E-state index < -0.39 is 5.60 Å². The first-order valence-electron chi connectivity index (χ1n) is 7.20. The zero-order valence-corrected chi connectivity index (χ0v) is 13.4. The summed E-state index contributed by atoms with van der Waals surface area (Å²) in [5.74, 6) is 0.255. The number of β-amino-alcohol motifs (C(OH)–C–C–N with tert-alkyl or cyclic N) is 1. The topological polar surface area (TPSA) is 80.5 Å². The molecule has 0 aliphatic carbocycles. The van der Waals surface area contributed by atoms with Gasteiger partial charge in [0, 0.05) is 17.8 Å². The van der Waals surface area contributed by atoms with Gasteiger partial charge in [-0.3, -0.25) is 4.79 Å². The average molecular weight is 337 g/mol. The Labute approximate surface area is 138 Å². The van der Waals surface area contributed by atoms with Crippen LogP contribution in [0.25, 0.3) is 0 Å². The number of likely N-dealkylation sites (tertiary alicyclic amines) is 1. The Kier molecular flexibility index (Phi) is 4.23. The van der Waals surface area contributed by atoms with Gasteiger partial charge < -0.3 is 14.7 Å². The van der Waals surface area contributed by atoms with Gasteiger partial charge in [0.25, 0.3) is 5.91 Å². The summed E-state index contributed by atoms with van der Waals surface area (Å²) in [5.41, 5.74) is -0.625. The molecule has 1 aliphatic heterocycles. The van der Waals surface area contributed by atoms with Crippen LogP contribution in [0.1, 0.15) is 16.8 Å². The van der Waals surface area contributed by atoms with E-state index in [1.54, 1.807) is 40.2 Å². The van der Waals surface area contributed by atoms with Crippen LogP contribution in [0.3, 0.4) is 0 Å². The number of halogens is 1. The maximum Gasteiger partial charge on any atom is 0.257 e. The van der Waals surface area contributed by atoms with Crippen molar-refractivity contribution in [2.75, 3.05) is 20.2 Å². The lowest BCUT2D eigenvalue weighted by Crippen LogP contribution is -2.39. The van der Waals surface area contributed by atoms with Gasteiger partial charge in [-0.2, -0.15) is 0 Å². The van der Waals surface area contributed by atoms with Gasteiger partial charge >= 0.3 is 0 Å². The number of carbonyl (C=O) groups excluding carboxylic acids is 1. The van der Waals surface area contributed by atoms with Crippen molar-refractivity contribution in [3.8, 4) is 5.75 Å². The number of hydrogen-bond acceptors (Lipinski definition) is 5. The molecule has 2 aromatic rings. The molecule has 0 spiro atoms. The van der Waals surface area contributed by atoms with E-state index in [-0.39, 0.29) is 12.5 Å². The van der Waals surface area contributed by atoms with E-state index in [1.165, 1.54) is 7.11 Å². The third-order valence-corrected chi connectivity index (χ3v) is 4.17. The molecule has 0 radical (unpaired) electrons. The second-order valence-electron chi connectivity index (χ2n) is 5.65. The number of methoxy groups -OCH3 is 1. The largest absolute Gasteiger partial charge is 0.496 e. The minimum absolute atomic E-state index is 0.209. The van der Waals surface area contributed by atoms with Crippen molar-refractivity contribution in [1.82, 2.24) is 19.9 Å². The van der Waals surface area contributed by atoms with Crippen LogP contribution in [0, 0.1) is 0 Å². The zero-order valence-electron chi connectivity index (χ0n) is 12.6. The third-order valence-electron chi connectivity index (χ3n) is 3.94. The molecule has 1 aliphatic rings. The maximum atomic E-state index is 12.7. The molecule has 2 heterocycles. The molecule has 1 atom stereocenters. The lowest BCUT2D eigenvalue weighted by molar-refractivity contribution is 0.0266. The van der Waals surface area contributed by atoms with E-state index >= 15 is 0 Å². The molecule has 0 saturated carbocycles. The van der Waals surface area contributed by atoms with Crippen LogP contribution in [0.5, 0.6) is 5.75 Å². The Morgan fingerprint density at radius 1 is 1.52 bits per heavy atom. The SMILES string of the molecule is COc1ccc(Cl)cc1C(=O)N1CCC(O)(Cn2ccnn2)C1. The minimum atomic E-state index is -1.02. The van der Waals surface area contributed by atoms with Crippen molar-refractivity contribution in [2.24, 2.45) is 0 Å². The summed E-state index contributed by atoms with van der Waals surface area (Å²) in [6, 6.07) is 4.91. The Hall–Kier alpha value is -2.12. The van der Waals surface area contributed by atoms with E-state index in [0.29, 0.717) is 35.8 Å². The van der Waals surface area contributed by atoms with Crippen LogP contribution in [-0.4, -0.2) is 56.7 Å². The van der Waals surface area contributed by atoms with Gasteiger partial charge in [-0.1, -0.05) is 16.8 Å². The molecule has 8 heteroatoms. The summed E-state index contributed by atoms with van der Waals surface area (Å²) in [4.78, 5) is 14.3. The van der Waals surface area contributed by atoms with Crippen molar-refractivity contribution < 1.29 is 14.6 Å². The first kappa shape index (κ1) is 15.8.